The zero-order chi connectivity index (χ0) is 12.3. The molecule has 0 radical (unpaired) electrons. The highest BCUT2D eigenvalue weighted by Gasteiger charge is 2.20. The molecule has 1 aromatic rings. The third-order valence-electron chi connectivity index (χ3n) is 2.43. The van der Waals surface area contributed by atoms with Crippen LogP contribution in [0.4, 0.5) is 0 Å². The van der Waals surface area contributed by atoms with E-state index in [4.69, 9.17) is 0 Å². The predicted octanol–water partition coefficient (Wildman–Crippen LogP) is 2.34. The molecule has 0 bridgehead atoms. The third-order valence-corrected chi connectivity index (χ3v) is 2.43. The largest absolute Gasteiger partial charge is 0.316 e. The van der Waals surface area contributed by atoms with Crippen LogP contribution in [0.3, 0.4) is 0 Å². The highest BCUT2D eigenvalue weighted by atomic mass is 15.3. The number of nitrogens with one attached hydrogen (secondary N) is 1. The van der Waals surface area contributed by atoms with Gasteiger partial charge < -0.3 is 5.32 Å². The van der Waals surface area contributed by atoms with Crippen LogP contribution in [0.5, 0.6) is 0 Å². The van der Waals surface area contributed by atoms with Crippen LogP contribution in [-0.4, -0.2) is 23.4 Å². The van der Waals surface area contributed by atoms with Crippen LogP contribution in [0.25, 0.3) is 6.08 Å². The highest BCUT2D eigenvalue weighted by molar-refractivity contribution is 5.55. The molecule has 0 atom stereocenters. The van der Waals surface area contributed by atoms with Crippen LogP contribution in [0.15, 0.2) is 11.8 Å². The Morgan fingerprint density at radius 3 is 2.62 bits per heavy atom. The molecule has 0 saturated heterocycles. The van der Waals surface area contributed by atoms with Crippen LogP contribution in [0.1, 0.15) is 39.0 Å². The molecule has 90 valence electrons. The minimum atomic E-state index is 0.0903. The summed E-state index contributed by atoms with van der Waals surface area (Å²) in [6, 6.07) is 0. The number of nitrogens with zero attached hydrogens (tertiary/aromatic N) is 2. The molecular weight excluding hydrogens is 198 g/mol. The first-order valence-electron chi connectivity index (χ1n) is 5.70. The number of hydrogen-bond acceptors (Lipinski definition) is 2. The van der Waals surface area contributed by atoms with Crippen molar-refractivity contribution in [1.29, 1.82) is 0 Å². The monoisotopic (exact) mass is 221 g/mol. The first-order valence-corrected chi connectivity index (χ1v) is 5.70. The SMILES string of the molecule is CNCC(C)=Cc1cn(C)nc1C(C)(C)C. The third kappa shape index (κ3) is 3.20. The van der Waals surface area contributed by atoms with E-state index < -0.39 is 0 Å². The van der Waals surface area contributed by atoms with Crippen LogP contribution in [0.2, 0.25) is 0 Å². The van der Waals surface area contributed by atoms with Crippen molar-refractivity contribution in [3.8, 4) is 0 Å². The van der Waals surface area contributed by atoms with Crippen molar-refractivity contribution in [3.05, 3.63) is 23.0 Å². The van der Waals surface area contributed by atoms with Gasteiger partial charge in [0.15, 0.2) is 0 Å². The molecule has 1 aromatic heterocycles. The summed E-state index contributed by atoms with van der Waals surface area (Å²) in [5, 5.41) is 7.70. The summed E-state index contributed by atoms with van der Waals surface area (Å²) in [7, 11) is 3.94. The maximum atomic E-state index is 4.55. The zero-order valence-corrected chi connectivity index (χ0v) is 11.3. The molecule has 0 fully saturated rings. The van der Waals surface area contributed by atoms with E-state index in [1.54, 1.807) is 0 Å². The first-order chi connectivity index (χ1) is 7.34. The van der Waals surface area contributed by atoms with E-state index >= 15 is 0 Å². The molecule has 0 aromatic carbocycles. The maximum absolute atomic E-state index is 4.55. The van der Waals surface area contributed by atoms with E-state index in [9.17, 15) is 0 Å². The topological polar surface area (TPSA) is 29.9 Å². The van der Waals surface area contributed by atoms with Gasteiger partial charge in [0.2, 0.25) is 0 Å². The normalized spacial score (nSPS) is 13.2. The van der Waals surface area contributed by atoms with Gasteiger partial charge in [0, 0.05) is 30.8 Å². The second-order valence-corrected chi connectivity index (χ2v) is 5.38. The molecule has 1 heterocycles. The van der Waals surface area contributed by atoms with E-state index in [1.165, 1.54) is 11.1 Å². The zero-order valence-electron chi connectivity index (χ0n) is 11.3. The summed E-state index contributed by atoms with van der Waals surface area (Å²) in [5.41, 5.74) is 3.79. The van der Waals surface area contributed by atoms with E-state index in [-0.39, 0.29) is 5.41 Å². The number of aromatic nitrogens is 2. The fourth-order valence-electron chi connectivity index (χ4n) is 1.79. The number of hydrogen-bond donors (Lipinski definition) is 1. The Labute approximate surface area is 98.5 Å². The van der Waals surface area contributed by atoms with Gasteiger partial charge in [-0.05, 0) is 14.0 Å². The van der Waals surface area contributed by atoms with Gasteiger partial charge in [0.1, 0.15) is 0 Å². The van der Waals surface area contributed by atoms with Crippen molar-refractivity contribution in [3.63, 3.8) is 0 Å². The second-order valence-electron chi connectivity index (χ2n) is 5.38. The molecule has 0 unspecified atom stereocenters. The van der Waals surface area contributed by atoms with Crippen LogP contribution >= 0.6 is 0 Å². The summed E-state index contributed by atoms with van der Waals surface area (Å²) < 4.78 is 1.89. The molecule has 3 heteroatoms. The molecule has 0 aliphatic rings. The number of likely N-dealkylation sites (N-methyl/N-ethyl adjacent to an activating group) is 1. The fraction of sp³-hybridized carbons (Fsp3) is 0.615. The van der Waals surface area contributed by atoms with Gasteiger partial charge in [-0.1, -0.05) is 32.4 Å². The quantitative estimate of drug-likeness (QED) is 0.849. The molecule has 1 N–H and O–H groups in total. The summed E-state index contributed by atoms with van der Waals surface area (Å²) in [5.74, 6) is 0. The summed E-state index contributed by atoms with van der Waals surface area (Å²) >= 11 is 0. The minimum absolute atomic E-state index is 0.0903. The van der Waals surface area contributed by atoms with Crippen LogP contribution < -0.4 is 5.32 Å². The van der Waals surface area contributed by atoms with Crippen molar-refractivity contribution >= 4 is 6.08 Å². The molecule has 16 heavy (non-hydrogen) atoms. The Kier molecular flexibility index (Phi) is 3.92. The molecule has 1 rings (SSSR count). The first kappa shape index (κ1) is 13.0. The highest BCUT2D eigenvalue weighted by Crippen LogP contribution is 2.25. The lowest BCUT2D eigenvalue weighted by molar-refractivity contribution is 0.552. The van der Waals surface area contributed by atoms with Gasteiger partial charge in [-0.25, -0.2) is 0 Å². The Morgan fingerprint density at radius 2 is 2.12 bits per heavy atom. The lowest BCUT2D eigenvalue weighted by Gasteiger charge is -2.16. The van der Waals surface area contributed by atoms with Gasteiger partial charge >= 0.3 is 0 Å². The van der Waals surface area contributed by atoms with Crippen molar-refractivity contribution in [2.75, 3.05) is 13.6 Å². The van der Waals surface area contributed by atoms with E-state index in [0.29, 0.717) is 0 Å². The molecule has 3 nitrogen and oxygen atoms in total. The number of aryl methyl sites for hydroxylation is 1. The van der Waals surface area contributed by atoms with Gasteiger partial charge in [0.25, 0.3) is 0 Å². The summed E-state index contributed by atoms with van der Waals surface area (Å²) in [6.07, 6.45) is 4.30. The standard InChI is InChI=1S/C13H23N3/c1-10(8-14-5)7-11-9-16(6)15-12(11)13(2,3)4/h7,9,14H,8H2,1-6H3. The molecule has 0 spiro atoms. The Hall–Kier alpha value is -1.09. The smallest absolute Gasteiger partial charge is 0.0750 e. The van der Waals surface area contributed by atoms with Gasteiger partial charge in [-0.15, -0.1) is 0 Å². The second kappa shape index (κ2) is 4.83. The average Bonchev–Trinajstić information content (AvgIpc) is 2.46. The lowest BCUT2D eigenvalue weighted by Crippen LogP contribution is -2.14. The van der Waals surface area contributed by atoms with Gasteiger partial charge in [-0.3, -0.25) is 4.68 Å². The molecule has 0 amide bonds. The van der Waals surface area contributed by atoms with E-state index in [2.05, 4.69) is 50.4 Å². The van der Waals surface area contributed by atoms with Crippen molar-refractivity contribution in [1.82, 2.24) is 15.1 Å². The maximum Gasteiger partial charge on any atom is 0.0750 e. The van der Waals surface area contributed by atoms with Crippen molar-refractivity contribution in [2.24, 2.45) is 7.05 Å². The van der Waals surface area contributed by atoms with E-state index in [0.717, 1.165) is 12.2 Å². The lowest BCUT2D eigenvalue weighted by atomic mass is 9.89. The van der Waals surface area contributed by atoms with E-state index in [1.807, 2.05) is 18.8 Å². The van der Waals surface area contributed by atoms with Crippen LogP contribution in [0, 0.1) is 0 Å². The van der Waals surface area contributed by atoms with Crippen molar-refractivity contribution < 1.29 is 0 Å². The molecular formula is C13H23N3. The minimum Gasteiger partial charge on any atom is -0.316 e. The summed E-state index contributed by atoms with van der Waals surface area (Å²) in [4.78, 5) is 0. The number of rotatable bonds is 3. The predicted molar refractivity (Wildman–Crippen MR) is 69.5 cm³/mol. The molecule has 0 saturated carbocycles. The molecule has 0 aliphatic carbocycles. The van der Waals surface area contributed by atoms with Crippen LogP contribution in [-0.2, 0) is 12.5 Å². The van der Waals surface area contributed by atoms with Gasteiger partial charge in [0.05, 0.1) is 5.69 Å². The van der Waals surface area contributed by atoms with Gasteiger partial charge in [-0.2, -0.15) is 5.10 Å². The molecule has 0 aliphatic heterocycles. The fourth-order valence-corrected chi connectivity index (χ4v) is 1.79. The Balaban J connectivity index is 3.09. The van der Waals surface area contributed by atoms with Crippen molar-refractivity contribution in [2.45, 2.75) is 33.1 Å². The average molecular weight is 221 g/mol. The Morgan fingerprint density at radius 1 is 1.50 bits per heavy atom. The Bertz CT molecular complexity index is 380. The summed E-state index contributed by atoms with van der Waals surface area (Å²) in [6.45, 7) is 9.63.